The Balaban J connectivity index is 1.94. The van der Waals surface area contributed by atoms with E-state index in [2.05, 4.69) is 16.0 Å². The van der Waals surface area contributed by atoms with Crippen LogP contribution in [0, 0.1) is 19.8 Å². The van der Waals surface area contributed by atoms with Crippen LogP contribution in [0.25, 0.3) is 0 Å². The number of hydrogen-bond donors (Lipinski definition) is 3. The minimum absolute atomic E-state index is 0.223. The van der Waals surface area contributed by atoms with Crippen molar-refractivity contribution in [2.24, 2.45) is 5.92 Å². The molecule has 0 fully saturated rings. The highest BCUT2D eigenvalue weighted by Crippen LogP contribution is 2.22. The molecular weight excluding hydrogens is 454 g/mol. The highest BCUT2D eigenvalue weighted by Gasteiger charge is 2.27. The number of carbonyl (C=O) groups excluding carboxylic acids is 4. The van der Waals surface area contributed by atoms with Crippen molar-refractivity contribution in [3.63, 3.8) is 0 Å². The first-order chi connectivity index (χ1) is 16.5. The molecule has 0 aliphatic carbocycles. The van der Waals surface area contributed by atoms with Gasteiger partial charge in [-0.3, -0.25) is 14.9 Å². The Bertz CT molecular complexity index is 1080. The number of methoxy groups -OCH3 is 2. The average molecular weight is 486 g/mol. The summed E-state index contributed by atoms with van der Waals surface area (Å²) in [6.45, 7) is 6.50. The van der Waals surface area contributed by atoms with Crippen molar-refractivity contribution in [2.45, 2.75) is 33.7 Å². The SMILES string of the molecule is COc1cc(OC)cc(C(=O)NC(C(=O)OCC(=O)NC(=O)Nc2ccc(C)cc2C)C(C)C)c1. The molecule has 0 saturated heterocycles. The monoisotopic (exact) mass is 485 g/mol. The summed E-state index contributed by atoms with van der Waals surface area (Å²) in [7, 11) is 2.91. The van der Waals surface area contributed by atoms with Gasteiger partial charge in [0.1, 0.15) is 17.5 Å². The van der Waals surface area contributed by atoms with E-state index < -0.39 is 36.5 Å². The minimum atomic E-state index is -1.03. The van der Waals surface area contributed by atoms with Crippen LogP contribution in [0.4, 0.5) is 10.5 Å². The number of imide groups is 1. The summed E-state index contributed by atoms with van der Waals surface area (Å²) in [5.41, 5.74) is 2.65. The van der Waals surface area contributed by atoms with Gasteiger partial charge in [-0.15, -0.1) is 0 Å². The van der Waals surface area contributed by atoms with Crippen LogP contribution in [0.3, 0.4) is 0 Å². The van der Waals surface area contributed by atoms with Crippen molar-refractivity contribution in [1.29, 1.82) is 0 Å². The number of esters is 1. The lowest BCUT2D eigenvalue weighted by molar-refractivity contribution is -0.151. The molecule has 0 radical (unpaired) electrons. The zero-order chi connectivity index (χ0) is 26.1. The quantitative estimate of drug-likeness (QED) is 0.465. The van der Waals surface area contributed by atoms with E-state index in [4.69, 9.17) is 14.2 Å². The van der Waals surface area contributed by atoms with Gasteiger partial charge < -0.3 is 24.8 Å². The van der Waals surface area contributed by atoms with Crippen molar-refractivity contribution in [3.8, 4) is 11.5 Å². The maximum atomic E-state index is 12.7. The number of benzene rings is 2. The van der Waals surface area contributed by atoms with Gasteiger partial charge in [-0.2, -0.15) is 0 Å². The molecule has 35 heavy (non-hydrogen) atoms. The van der Waals surface area contributed by atoms with E-state index in [9.17, 15) is 19.2 Å². The number of amides is 4. The van der Waals surface area contributed by atoms with Gasteiger partial charge in [0.15, 0.2) is 6.61 Å². The summed E-state index contributed by atoms with van der Waals surface area (Å²) in [5.74, 6) is -1.69. The number of ether oxygens (including phenoxy) is 3. The number of carbonyl (C=O) groups is 4. The molecule has 10 heteroatoms. The molecule has 2 aromatic rings. The number of urea groups is 1. The number of nitrogens with one attached hydrogen (secondary N) is 3. The highest BCUT2D eigenvalue weighted by molar-refractivity contribution is 6.02. The molecule has 0 spiro atoms. The maximum absolute atomic E-state index is 12.7. The second-order valence-corrected chi connectivity index (χ2v) is 8.22. The van der Waals surface area contributed by atoms with E-state index in [0.29, 0.717) is 17.2 Å². The normalized spacial score (nSPS) is 11.3. The van der Waals surface area contributed by atoms with Crippen molar-refractivity contribution in [3.05, 3.63) is 53.1 Å². The molecule has 4 amide bonds. The summed E-state index contributed by atoms with van der Waals surface area (Å²) in [4.78, 5) is 49.5. The van der Waals surface area contributed by atoms with Gasteiger partial charge in [-0.05, 0) is 43.5 Å². The van der Waals surface area contributed by atoms with E-state index in [1.807, 2.05) is 26.0 Å². The van der Waals surface area contributed by atoms with Gasteiger partial charge in [-0.25, -0.2) is 9.59 Å². The molecule has 0 aliphatic rings. The predicted octanol–water partition coefficient (Wildman–Crippen LogP) is 2.97. The molecule has 1 unspecified atom stereocenters. The minimum Gasteiger partial charge on any atom is -0.497 e. The van der Waals surface area contributed by atoms with Gasteiger partial charge in [0.05, 0.1) is 14.2 Å². The second kappa shape index (κ2) is 12.4. The first-order valence-corrected chi connectivity index (χ1v) is 10.9. The summed E-state index contributed by atoms with van der Waals surface area (Å²) >= 11 is 0. The predicted molar refractivity (Wildman–Crippen MR) is 130 cm³/mol. The van der Waals surface area contributed by atoms with E-state index >= 15 is 0 Å². The summed E-state index contributed by atoms with van der Waals surface area (Å²) in [6.07, 6.45) is 0. The molecule has 0 bridgehead atoms. The smallest absolute Gasteiger partial charge is 0.329 e. The average Bonchev–Trinajstić information content (AvgIpc) is 2.81. The maximum Gasteiger partial charge on any atom is 0.329 e. The molecule has 0 aliphatic heterocycles. The molecule has 2 rings (SSSR count). The van der Waals surface area contributed by atoms with Crippen LogP contribution in [-0.2, 0) is 14.3 Å². The fourth-order valence-electron chi connectivity index (χ4n) is 3.16. The molecule has 2 aromatic carbocycles. The standard InChI is InChI=1S/C25H31N3O7/c1-14(2)22(28-23(30)17-10-18(33-5)12-19(11-17)34-6)24(31)35-13-21(29)27-25(32)26-20-8-7-15(3)9-16(20)4/h7-12,14,22H,13H2,1-6H3,(H,28,30)(H2,26,27,29,32). The molecule has 10 nitrogen and oxygen atoms in total. The fourth-order valence-corrected chi connectivity index (χ4v) is 3.16. The third-order valence-corrected chi connectivity index (χ3v) is 5.05. The van der Waals surface area contributed by atoms with Gasteiger partial charge in [0.2, 0.25) is 0 Å². The van der Waals surface area contributed by atoms with Crippen LogP contribution in [0.2, 0.25) is 0 Å². The van der Waals surface area contributed by atoms with Crippen LogP contribution in [0.15, 0.2) is 36.4 Å². The number of anilines is 1. The Kier molecular flexibility index (Phi) is 9.63. The van der Waals surface area contributed by atoms with E-state index in [0.717, 1.165) is 11.1 Å². The Morgan fingerprint density at radius 2 is 1.54 bits per heavy atom. The largest absolute Gasteiger partial charge is 0.497 e. The van der Waals surface area contributed by atoms with Crippen molar-refractivity contribution >= 4 is 29.5 Å². The first kappa shape index (κ1) is 27.2. The van der Waals surface area contributed by atoms with E-state index in [-0.39, 0.29) is 11.5 Å². The second-order valence-electron chi connectivity index (χ2n) is 8.22. The Morgan fingerprint density at radius 3 is 2.09 bits per heavy atom. The molecule has 1 atom stereocenters. The lowest BCUT2D eigenvalue weighted by Crippen LogP contribution is -2.46. The van der Waals surface area contributed by atoms with Crippen LogP contribution in [0.1, 0.15) is 35.3 Å². The third kappa shape index (κ3) is 8.02. The Morgan fingerprint density at radius 1 is 0.914 bits per heavy atom. The summed E-state index contributed by atoms with van der Waals surface area (Å²) in [5, 5.41) is 7.28. The van der Waals surface area contributed by atoms with Crippen LogP contribution < -0.4 is 25.4 Å². The summed E-state index contributed by atoms with van der Waals surface area (Å²) in [6, 6.07) is 8.28. The molecule has 0 saturated carbocycles. The van der Waals surface area contributed by atoms with Gasteiger partial charge >= 0.3 is 12.0 Å². The first-order valence-electron chi connectivity index (χ1n) is 10.9. The molecular formula is C25H31N3O7. The molecule has 0 aromatic heterocycles. The zero-order valence-corrected chi connectivity index (χ0v) is 20.7. The van der Waals surface area contributed by atoms with Crippen molar-refractivity contribution in [2.75, 3.05) is 26.1 Å². The van der Waals surface area contributed by atoms with Gasteiger partial charge in [-0.1, -0.05) is 31.5 Å². The summed E-state index contributed by atoms with van der Waals surface area (Å²) < 4.78 is 15.4. The van der Waals surface area contributed by atoms with Crippen LogP contribution in [0.5, 0.6) is 11.5 Å². The lowest BCUT2D eigenvalue weighted by Gasteiger charge is -2.21. The number of hydrogen-bond acceptors (Lipinski definition) is 7. The Labute approximate surface area is 204 Å². The Hall–Kier alpha value is -4.08. The zero-order valence-electron chi connectivity index (χ0n) is 20.7. The number of aryl methyl sites for hydroxylation is 2. The van der Waals surface area contributed by atoms with E-state index in [1.165, 1.54) is 26.4 Å². The van der Waals surface area contributed by atoms with Crippen LogP contribution >= 0.6 is 0 Å². The van der Waals surface area contributed by atoms with Crippen molar-refractivity contribution < 1.29 is 33.4 Å². The topological polar surface area (TPSA) is 132 Å². The number of rotatable bonds is 9. The van der Waals surface area contributed by atoms with Crippen LogP contribution in [-0.4, -0.2) is 50.7 Å². The molecule has 3 N–H and O–H groups in total. The van der Waals surface area contributed by atoms with Gasteiger partial charge in [0.25, 0.3) is 11.8 Å². The third-order valence-electron chi connectivity index (χ3n) is 5.05. The van der Waals surface area contributed by atoms with Crippen molar-refractivity contribution in [1.82, 2.24) is 10.6 Å². The van der Waals surface area contributed by atoms with Gasteiger partial charge in [0, 0.05) is 17.3 Å². The highest BCUT2D eigenvalue weighted by atomic mass is 16.5. The molecule has 188 valence electrons. The lowest BCUT2D eigenvalue weighted by atomic mass is 10.0. The fraction of sp³-hybridized carbons (Fsp3) is 0.360. The molecule has 0 heterocycles. The van der Waals surface area contributed by atoms with E-state index in [1.54, 1.807) is 26.0 Å².